The van der Waals surface area contributed by atoms with Crippen molar-refractivity contribution in [3.05, 3.63) is 48.6 Å². The molecule has 1 heterocycles. The molecule has 0 aromatic rings. The predicted octanol–water partition coefficient (Wildman–Crippen LogP) is 9.67. The summed E-state index contributed by atoms with van der Waals surface area (Å²) in [6.45, 7) is 3.33. The molecule has 4 N–H and O–H groups in total. The van der Waals surface area contributed by atoms with E-state index in [0.717, 1.165) is 64.2 Å². The van der Waals surface area contributed by atoms with Crippen LogP contribution in [0.1, 0.15) is 181 Å². The monoisotopic (exact) mass is 807 g/mol. The molecule has 0 saturated carbocycles. The molecule has 57 heavy (non-hydrogen) atoms. The third-order valence-corrected chi connectivity index (χ3v) is 10.2. The molecule has 0 radical (unpaired) electrons. The number of unbranched alkanes of at least 4 members (excludes halogenated alkanes) is 18. The molecule has 330 valence electrons. The zero-order valence-corrected chi connectivity index (χ0v) is 35.8. The van der Waals surface area contributed by atoms with Gasteiger partial charge in [0, 0.05) is 12.8 Å². The molecule has 6 atom stereocenters. The topological polar surface area (TPSA) is 152 Å². The second-order valence-corrected chi connectivity index (χ2v) is 15.5. The third kappa shape index (κ3) is 29.5. The Morgan fingerprint density at radius 3 is 1.54 bits per heavy atom. The fourth-order valence-electron chi connectivity index (χ4n) is 6.59. The summed E-state index contributed by atoms with van der Waals surface area (Å²) in [6, 6.07) is 0. The van der Waals surface area contributed by atoms with E-state index in [2.05, 4.69) is 62.5 Å². The number of carbonyl (C=O) groups excluding carboxylic acids is 2. The number of carbonyl (C=O) groups is 2. The van der Waals surface area contributed by atoms with Gasteiger partial charge in [0.15, 0.2) is 12.4 Å². The number of rotatable bonds is 37. The van der Waals surface area contributed by atoms with Crippen molar-refractivity contribution < 1.29 is 49.0 Å². The normalized spacial score (nSPS) is 20.7. The Hall–Kier alpha value is -2.34. The molecule has 10 heteroatoms. The predicted molar refractivity (Wildman–Crippen MR) is 229 cm³/mol. The quantitative estimate of drug-likeness (QED) is 0.0271. The molecular formula is C47H82O10. The maximum absolute atomic E-state index is 12.8. The zero-order valence-electron chi connectivity index (χ0n) is 35.8. The van der Waals surface area contributed by atoms with Crippen LogP contribution in [0, 0.1) is 0 Å². The van der Waals surface area contributed by atoms with Gasteiger partial charge in [0.2, 0.25) is 0 Å². The van der Waals surface area contributed by atoms with Gasteiger partial charge in [-0.3, -0.25) is 9.59 Å². The molecule has 1 saturated heterocycles. The van der Waals surface area contributed by atoms with Gasteiger partial charge in [-0.25, -0.2) is 0 Å². The molecule has 0 aromatic heterocycles. The molecule has 0 bridgehead atoms. The van der Waals surface area contributed by atoms with Crippen molar-refractivity contribution >= 4 is 11.9 Å². The number of allylic oxidation sites excluding steroid dienone is 8. The van der Waals surface area contributed by atoms with Crippen LogP contribution in [0.5, 0.6) is 0 Å². The van der Waals surface area contributed by atoms with Crippen molar-refractivity contribution in [1.82, 2.24) is 0 Å². The van der Waals surface area contributed by atoms with Crippen LogP contribution in [0.3, 0.4) is 0 Å². The number of aliphatic hydroxyl groups excluding tert-OH is 4. The van der Waals surface area contributed by atoms with Gasteiger partial charge in [0.05, 0.1) is 13.2 Å². The van der Waals surface area contributed by atoms with E-state index in [9.17, 15) is 30.0 Å². The van der Waals surface area contributed by atoms with Crippen molar-refractivity contribution in [2.75, 3.05) is 19.8 Å². The minimum atomic E-state index is -1.60. The highest BCUT2D eigenvalue weighted by Gasteiger charge is 2.44. The van der Waals surface area contributed by atoms with Crippen molar-refractivity contribution in [1.29, 1.82) is 0 Å². The van der Waals surface area contributed by atoms with Crippen molar-refractivity contribution in [2.45, 2.75) is 218 Å². The van der Waals surface area contributed by atoms with Gasteiger partial charge in [0.1, 0.15) is 31.0 Å². The van der Waals surface area contributed by atoms with E-state index < -0.39 is 55.4 Å². The standard InChI is InChI=1S/C47H82O10/c1-3-5-7-9-11-13-15-17-19-20-22-23-25-27-29-31-33-35-42(49)54-38-40(39-55-47-46(53)45(52)44(51)41(37-48)57-47)56-43(50)36-34-32-30-28-26-24-21-18-16-14-12-10-8-6-4-2/h7,9,13,15,19-20,23,25,40-41,44-48,51-53H,3-6,8,10-12,14,16-18,21-22,24,26-39H2,1-2H3/b9-7+,15-13+,20-19+,25-23+/t40-,41-,44+,45?,46?,47-/m0/s1. The van der Waals surface area contributed by atoms with Gasteiger partial charge in [-0.2, -0.15) is 0 Å². The summed E-state index contributed by atoms with van der Waals surface area (Å²) in [5, 5.41) is 40.1. The maximum Gasteiger partial charge on any atom is 0.306 e. The number of esters is 2. The first-order valence-electron chi connectivity index (χ1n) is 22.7. The Kier molecular flexibility index (Phi) is 35.0. The van der Waals surface area contributed by atoms with E-state index in [-0.39, 0.29) is 26.1 Å². The Labute approximate surface area is 346 Å². The van der Waals surface area contributed by atoms with Crippen LogP contribution in [0.15, 0.2) is 48.6 Å². The Bertz CT molecular complexity index is 1070. The van der Waals surface area contributed by atoms with Gasteiger partial charge in [-0.15, -0.1) is 0 Å². The number of hydrogen-bond donors (Lipinski definition) is 4. The lowest BCUT2D eigenvalue weighted by Gasteiger charge is -2.39. The first kappa shape index (κ1) is 52.7. The van der Waals surface area contributed by atoms with E-state index >= 15 is 0 Å². The summed E-state index contributed by atoms with van der Waals surface area (Å²) < 4.78 is 22.1. The molecule has 0 aliphatic carbocycles. The number of ether oxygens (including phenoxy) is 4. The summed E-state index contributed by atoms with van der Waals surface area (Å²) in [5.74, 6) is -0.840. The van der Waals surface area contributed by atoms with E-state index in [0.29, 0.717) is 12.8 Å². The van der Waals surface area contributed by atoms with Crippen LogP contribution < -0.4 is 0 Å². The van der Waals surface area contributed by atoms with Crippen LogP contribution in [0.25, 0.3) is 0 Å². The molecule has 0 spiro atoms. The van der Waals surface area contributed by atoms with Crippen molar-refractivity contribution in [3.8, 4) is 0 Å². The summed E-state index contributed by atoms with van der Waals surface area (Å²) in [7, 11) is 0. The molecule has 1 fully saturated rings. The number of aliphatic hydroxyl groups is 4. The molecule has 0 amide bonds. The lowest BCUT2D eigenvalue weighted by molar-refractivity contribution is -0.305. The minimum absolute atomic E-state index is 0.224. The lowest BCUT2D eigenvalue weighted by Crippen LogP contribution is -2.59. The summed E-state index contributed by atoms with van der Waals surface area (Å²) in [6.07, 6.45) is 36.8. The van der Waals surface area contributed by atoms with E-state index in [4.69, 9.17) is 18.9 Å². The van der Waals surface area contributed by atoms with Gasteiger partial charge in [0.25, 0.3) is 0 Å². The Morgan fingerprint density at radius 2 is 1.02 bits per heavy atom. The highest BCUT2D eigenvalue weighted by molar-refractivity contribution is 5.70. The molecule has 1 rings (SSSR count). The average molecular weight is 807 g/mol. The maximum atomic E-state index is 12.8. The highest BCUT2D eigenvalue weighted by atomic mass is 16.7. The molecule has 10 nitrogen and oxygen atoms in total. The summed E-state index contributed by atoms with van der Waals surface area (Å²) in [4.78, 5) is 25.3. The van der Waals surface area contributed by atoms with Crippen molar-refractivity contribution in [2.24, 2.45) is 0 Å². The smallest absolute Gasteiger partial charge is 0.306 e. The second-order valence-electron chi connectivity index (χ2n) is 15.5. The Morgan fingerprint density at radius 1 is 0.544 bits per heavy atom. The molecule has 2 unspecified atom stereocenters. The van der Waals surface area contributed by atoms with Gasteiger partial charge in [-0.05, 0) is 51.4 Å². The van der Waals surface area contributed by atoms with Crippen LogP contribution in [0.2, 0.25) is 0 Å². The van der Waals surface area contributed by atoms with Gasteiger partial charge >= 0.3 is 11.9 Å². The molecule has 1 aliphatic rings. The van der Waals surface area contributed by atoms with Crippen LogP contribution >= 0.6 is 0 Å². The fraction of sp³-hybridized carbons (Fsp3) is 0.787. The lowest BCUT2D eigenvalue weighted by atomic mass is 9.99. The van der Waals surface area contributed by atoms with Gasteiger partial charge < -0.3 is 39.4 Å². The average Bonchev–Trinajstić information content (AvgIpc) is 3.21. The largest absolute Gasteiger partial charge is 0.462 e. The first-order chi connectivity index (χ1) is 27.8. The summed E-state index contributed by atoms with van der Waals surface area (Å²) >= 11 is 0. The first-order valence-corrected chi connectivity index (χ1v) is 22.7. The zero-order chi connectivity index (χ0) is 41.6. The SMILES string of the molecule is CCC/C=C/C/C=C/C/C=C/C/C=C/CCCCCC(=O)OC[C@@H](CO[C@H]1O[C@@H](CO)[C@@H](O)C(O)C1O)OC(=O)CCCCCCCCCCCCCCCCC. The molecule has 1 aliphatic heterocycles. The molecular weight excluding hydrogens is 725 g/mol. The minimum Gasteiger partial charge on any atom is -0.462 e. The van der Waals surface area contributed by atoms with Gasteiger partial charge in [-0.1, -0.05) is 165 Å². The van der Waals surface area contributed by atoms with E-state index in [1.54, 1.807) is 0 Å². The number of hydrogen-bond acceptors (Lipinski definition) is 10. The van der Waals surface area contributed by atoms with Crippen molar-refractivity contribution in [3.63, 3.8) is 0 Å². The molecule has 0 aromatic carbocycles. The summed E-state index contributed by atoms with van der Waals surface area (Å²) in [5.41, 5.74) is 0. The van der Waals surface area contributed by atoms with E-state index in [1.165, 1.54) is 77.0 Å². The van der Waals surface area contributed by atoms with Crippen LogP contribution in [-0.4, -0.2) is 89.0 Å². The van der Waals surface area contributed by atoms with E-state index in [1.807, 2.05) is 0 Å². The van der Waals surface area contributed by atoms with Crippen LogP contribution in [-0.2, 0) is 28.5 Å². The highest BCUT2D eigenvalue weighted by Crippen LogP contribution is 2.22. The van der Waals surface area contributed by atoms with Crippen LogP contribution in [0.4, 0.5) is 0 Å². The second kappa shape index (κ2) is 37.9. The Balaban J connectivity index is 2.35. The fourth-order valence-corrected chi connectivity index (χ4v) is 6.59. The third-order valence-electron chi connectivity index (χ3n) is 10.2.